The Hall–Kier alpha value is -3.09. The zero-order valence-electron chi connectivity index (χ0n) is 23.8. The molecule has 2 N–H and O–H groups in total. The molecule has 226 valence electrons. The molecule has 0 bridgehead atoms. The molecule has 2 aromatic heterocycles. The Kier molecular flexibility index (Phi) is 9.74. The van der Waals surface area contributed by atoms with Crippen molar-refractivity contribution < 1.29 is 27.9 Å². The van der Waals surface area contributed by atoms with Crippen molar-refractivity contribution in [3.63, 3.8) is 0 Å². The van der Waals surface area contributed by atoms with Gasteiger partial charge in [-0.25, -0.2) is 18.4 Å². The van der Waals surface area contributed by atoms with Crippen molar-refractivity contribution in [2.45, 2.75) is 87.5 Å². The molecule has 0 radical (unpaired) electrons. The highest BCUT2D eigenvalue weighted by atomic mass is 32.2. The molecule has 2 aliphatic carbocycles. The molecule has 2 aliphatic rings. The van der Waals surface area contributed by atoms with Gasteiger partial charge in [0.15, 0.2) is 5.13 Å². The third kappa shape index (κ3) is 7.09. The van der Waals surface area contributed by atoms with Gasteiger partial charge in [0, 0.05) is 18.7 Å². The molecule has 1 atom stereocenters. The Morgan fingerprint density at radius 1 is 1.02 bits per heavy atom. The number of carboxylic acid groups (broad SMARTS) is 1. The lowest BCUT2D eigenvalue weighted by molar-refractivity contribution is -0.137. The highest BCUT2D eigenvalue weighted by molar-refractivity contribution is 7.89. The van der Waals surface area contributed by atoms with E-state index in [9.17, 15) is 23.1 Å². The first-order chi connectivity index (χ1) is 20.2. The number of hydrogen-bond donors (Lipinski definition) is 2. The van der Waals surface area contributed by atoms with E-state index in [1.165, 1.54) is 15.6 Å². The summed E-state index contributed by atoms with van der Waals surface area (Å²) in [5.41, 5.74) is 1.41. The van der Waals surface area contributed by atoms with Crippen LogP contribution in [0.5, 0.6) is 5.88 Å². The van der Waals surface area contributed by atoms with Gasteiger partial charge in [-0.1, -0.05) is 68.4 Å². The summed E-state index contributed by atoms with van der Waals surface area (Å²) in [5, 5.41) is 12.7. The molecule has 2 saturated carbocycles. The number of carbonyl (C=O) groups is 2. The number of thiazole rings is 1. The maximum atomic E-state index is 13.7. The fraction of sp³-hybridized carbons (Fsp3) is 0.533. The number of methoxy groups -OCH3 is 1. The van der Waals surface area contributed by atoms with E-state index in [0.717, 1.165) is 63.4 Å². The van der Waals surface area contributed by atoms with Crippen LogP contribution in [0.2, 0.25) is 0 Å². The zero-order chi connectivity index (χ0) is 29.7. The lowest BCUT2D eigenvalue weighted by Gasteiger charge is -2.33. The van der Waals surface area contributed by atoms with Gasteiger partial charge in [-0.3, -0.25) is 9.59 Å². The number of aliphatic carboxylic acids is 1. The summed E-state index contributed by atoms with van der Waals surface area (Å²) in [5.74, 6) is -0.786. The number of hydrogen-bond acceptors (Lipinski definition) is 8. The van der Waals surface area contributed by atoms with Gasteiger partial charge in [0.1, 0.15) is 10.3 Å². The highest BCUT2D eigenvalue weighted by Gasteiger charge is 2.33. The minimum Gasteiger partial charge on any atom is -0.481 e. The molecule has 3 aromatic rings. The Labute approximate surface area is 250 Å². The number of nitrogens with zero attached hydrogens (tertiary/aromatic N) is 3. The smallest absolute Gasteiger partial charge is 0.304 e. The largest absolute Gasteiger partial charge is 0.481 e. The van der Waals surface area contributed by atoms with E-state index < -0.39 is 21.9 Å². The van der Waals surface area contributed by atoms with Crippen LogP contribution in [0.25, 0.3) is 10.3 Å². The second kappa shape index (κ2) is 13.5. The molecule has 5 rings (SSSR count). The Morgan fingerprint density at radius 3 is 2.38 bits per heavy atom. The number of aromatic nitrogens is 2. The van der Waals surface area contributed by atoms with Crippen molar-refractivity contribution in [3.05, 3.63) is 42.0 Å². The zero-order valence-corrected chi connectivity index (χ0v) is 25.5. The number of carboxylic acids is 1. The van der Waals surface area contributed by atoms with Crippen LogP contribution in [-0.2, 0) is 19.6 Å². The van der Waals surface area contributed by atoms with E-state index in [1.54, 1.807) is 43.5 Å². The lowest BCUT2D eigenvalue weighted by atomic mass is 9.87. The van der Waals surface area contributed by atoms with Crippen LogP contribution in [0, 0.1) is 5.92 Å². The highest BCUT2D eigenvalue weighted by Crippen LogP contribution is 2.36. The Balaban J connectivity index is 1.38. The monoisotopic (exact) mass is 614 g/mol. The van der Waals surface area contributed by atoms with Crippen LogP contribution < -0.4 is 10.1 Å². The Bertz CT molecular complexity index is 1500. The van der Waals surface area contributed by atoms with Gasteiger partial charge in [0.2, 0.25) is 21.8 Å². The first kappa shape index (κ1) is 30.4. The minimum absolute atomic E-state index is 0.0559. The molecular formula is C30H38N4O6S2. The number of amides is 1. The van der Waals surface area contributed by atoms with E-state index in [2.05, 4.69) is 15.3 Å². The van der Waals surface area contributed by atoms with Crippen molar-refractivity contribution in [2.75, 3.05) is 19.0 Å². The number of fused-ring (bicyclic) bond motifs is 1. The number of rotatable bonds is 12. The van der Waals surface area contributed by atoms with E-state index >= 15 is 0 Å². The summed E-state index contributed by atoms with van der Waals surface area (Å²) in [6.07, 6.45) is 9.24. The molecule has 0 aliphatic heterocycles. The van der Waals surface area contributed by atoms with Crippen molar-refractivity contribution >= 4 is 48.7 Å². The average Bonchev–Trinajstić information content (AvgIpc) is 3.65. The van der Waals surface area contributed by atoms with Gasteiger partial charge in [-0.05, 0) is 48.9 Å². The minimum atomic E-state index is -3.91. The third-order valence-corrected chi connectivity index (χ3v) is 11.3. The second-order valence-corrected chi connectivity index (χ2v) is 14.1. The summed E-state index contributed by atoms with van der Waals surface area (Å²) >= 11 is 1.28. The normalized spacial score (nSPS) is 17.5. The van der Waals surface area contributed by atoms with E-state index in [4.69, 9.17) is 4.74 Å². The molecule has 1 amide bonds. The van der Waals surface area contributed by atoms with E-state index in [0.29, 0.717) is 33.7 Å². The second-order valence-electron chi connectivity index (χ2n) is 11.2. The molecule has 2 fully saturated rings. The van der Waals surface area contributed by atoms with Crippen LogP contribution in [0.15, 0.2) is 41.3 Å². The molecule has 1 unspecified atom stereocenters. The lowest BCUT2D eigenvalue weighted by Crippen LogP contribution is -2.42. The summed E-state index contributed by atoms with van der Waals surface area (Å²) in [7, 11) is -2.36. The van der Waals surface area contributed by atoms with E-state index in [-0.39, 0.29) is 29.8 Å². The molecular weight excluding hydrogens is 576 g/mol. The van der Waals surface area contributed by atoms with Crippen molar-refractivity contribution in [2.24, 2.45) is 5.92 Å². The van der Waals surface area contributed by atoms with E-state index in [1.807, 2.05) is 0 Å². The number of carbonyl (C=O) groups excluding carboxylic acids is 1. The molecule has 0 saturated heterocycles. The molecule has 1 aromatic carbocycles. The summed E-state index contributed by atoms with van der Waals surface area (Å²) in [6.45, 7) is -0.0559. The average molecular weight is 615 g/mol. The number of anilines is 1. The predicted molar refractivity (Wildman–Crippen MR) is 161 cm³/mol. The van der Waals surface area contributed by atoms with Crippen LogP contribution in [0.3, 0.4) is 0 Å². The first-order valence-corrected chi connectivity index (χ1v) is 17.0. The van der Waals surface area contributed by atoms with Crippen molar-refractivity contribution in [3.8, 4) is 5.88 Å². The maximum Gasteiger partial charge on any atom is 0.304 e. The summed E-state index contributed by atoms with van der Waals surface area (Å²) < 4.78 is 34.1. The topological polar surface area (TPSA) is 139 Å². The number of sulfonamides is 1. The van der Waals surface area contributed by atoms with Crippen molar-refractivity contribution in [1.29, 1.82) is 0 Å². The van der Waals surface area contributed by atoms with Gasteiger partial charge >= 0.3 is 5.97 Å². The standard InChI is InChI=1S/C30H38N4O6S2/c1-40-26-16-15-25-29(32-26)41-30(31-25)33-28(37)24(19-20-7-5-6-8-20)21-11-13-23(14-12-21)42(38,39)34(18-17-27(35)36)22-9-3-2-4-10-22/h11-16,20,22,24H,2-10,17-19H2,1H3,(H,35,36)(H,31,33,37). The molecule has 10 nitrogen and oxygen atoms in total. The number of ether oxygens (including phenoxy) is 1. The van der Waals surface area contributed by atoms with Crippen molar-refractivity contribution in [1.82, 2.24) is 14.3 Å². The van der Waals surface area contributed by atoms with Gasteiger partial charge in [-0.2, -0.15) is 4.31 Å². The van der Waals surface area contributed by atoms with Crippen LogP contribution in [0.1, 0.15) is 82.1 Å². The number of pyridine rings is 1. The van der Waals surface area contributed by atoms with Gasteiger partial charge < -0.3 is 15.2 Å². The molecule has 12 heteroatoms. The van der Waals surface area contributed by atoms with Crippen LogP contribution >= 0.6 is 11.3 Å². The third-order valence-electron chi connectivity index (χ3n) is 8.45. The summed E-state index contributed by atoms with van der Waals surface area (Å²) in [4.78, 5) is 34.7. The van der Waals surface area contributed by atoms with Crippen LogP contribution in [0.4, 0.5) is 5.13 Å². The van der Waals surface area contributed by atoms with Crippen LogP contribution in [-0.4, -0.2) is 59.4 Å². The summed E-state index contributed by atoms with van der Waals surface area (Å²) in [6, 6.07) is 9.90. The van der Waals surface area contributed by atoms with Gasteiger partial charge in [0.25, 0.3) is 0 Å². The fourth-order valence-corrected chi connectivity index (χ4v) is 8.73. The van der Waals surface area contributed by atoms with Gasteiger partial charge in [0.05, 0.1) is 24.3 Å². The Morgan fingerprint density at radius 2 is 1.71 bits per heavy atom. The molecule has 2 heterocycles. The quantitative estimate of drug-likeness (QED) is 0.261. The number of nitrogens with one attached hydrogen (secondary N) is 1. The SMILES string of the molecule is COc1ccc2nc(NC(=O)C(CC3CCCC3)c3ccc(S(=O)(=O)N(CCC(=O)O)C4CCCCC4)cc3)sc2n1. The predicted octanol–water partition coefficient (Wildman–Crippen LogP) is 5.80. The van der Waals surface area contributed by atoms with Gasteiger partial charge in [-0.15, -0.1) is 0 Å². The number of benzene rings is 1. The first-order valence-electron chi connectivity index (χ1n) is 14.7. The maximum absolute atomic E-state index is 13.7. The molecule has 0 spiro atoms. The fourth-order valence-electron chi connectivity index (χ4n) is 6.22. The molecule has 42 heavy (non-hydrogen) atoms.